The molecular formula is C26H24F4N2O4S. The number of sulfone groups is 1. The topological polar surface area (TPSA) is 83.6 Å². The number of likely N-dealkylation sites (tertiary alicyclic amines) is 1. The van der Waals surface area contributed by atoms with Gasteiger partial charge in [-0.05, 0) is 55.5 Å². The molecule has 2 aliphatic rings. The van der Waals surface area contributed by atoms with Crippen LogP contribution >= 0.6 is 0 Å². The second kappa shape index (κ2) is 9.82. The molecule has 1 saturated heterocycles. The third-order valence-electron chi connectivity index (χ3n) is 6.70. The zero-order valence-corrected chi connectivity index (χ0v) is 20.6. The maximum Gasteiger partial charge on any atom is 0.416 e. The highest BCUT2D eigenvalue weighted by atomic mass is 32.2. The van der Waals surface area contributed by atoms with Crippen molar-refractivity contribution in [2.24, 2.45) is 11.8 Å². The molecule has 4 rings (SSSR count). The highest BCUT2D eigenvalue weighted by Crippen LogP contribution is 2.43. The molecule has 0 spiro atoms. The van der Waals surface area contributed by atoms with Crippen LogP contribution in [0, 0.1) is 30.0 Å². The Bertz CT molecular complexity index is 1380. The SMILES string of the molecule is C#C[C@H]1CCN(C(=O)c2cccc(S(C)(=O)=O)c2)[C@H]1C(=O)N[C@@H](c1ccc(C(F)(F)F)cc1F)C1CC1. The van der Waals surface area contributed by atoms with Gasteiger partial charge in [0.25, 0.3) is 5.91 Å². The maximum atomic E-state index is 14.8. The number of nitrogens with zero attached hydrogens (tertiary/aromatic N) is 1. The lowest BCUT2D eigenvalue weighted by molar-refractivity contribution is -0.137. The Morgan fingerprint density at radius 3 is 2.41 bits per heavy atom. The summed E-state index contributed by atoms with van der Waals surface area (Å²) >= 11 is 0. The monoisotopic (exact) mass is 536 g/mol. The van der Waals surface area contributed by atoms with Crippen molar-refractivity contribution in [3.63, 3.8) is 0 Å². The van der Waals surface area contributed by atoms with Crippen LogP contribution in [0.4, 0.5) is 17.6 Å². The molecule has 2 amide bonds. The first kappa shape index (κ1) is 26.7. The Kier molecular flexibility index (Phi) is 7.08. The van der Waals surface area contributed by atoms with Crippen LogP contribution in [0.2, 0.25) is 0 Å². The normalized spacial score (nSPS) is 20.8. The largest absolute Gasteiger partial charge is 0.416 e. The fourth-order valence-electron chi connectivity index (χ4n) is 4.62. The average molecular weight is 537 g/mol. The van der Waals surface area contributed by atoms with Crippen molar-refractivity contribution in [2.45, 2.75) is 42.4 Å². The summed E-state index contributed by atoms with van der Waals surface area (Å²) < 4.78 is 77.6. The van der Waals surface area contributed by atoms with Gasteiger partial charge < -0.3 is 10.2 Å². The Balaban J connectivity index is 1.61. The fourth-order valence-corrected chi connectivity index (χ4v) is 5.28. The van der Waals surface area contributed by atoms with E-state index in [-0.39, 0.29) is 28.5 Å². The first-order chi connectivity index (χ1) is 17.3. The summed E-state index contributed by atoms with van der Waals surface area (Å²) in [5, 5.41) is 2.73. The van der Waals surface area contributed by atoms with Gasteiger partial charge in [-0.2, -0.15) is 13.2 Å². The molecule has 1 aliphatic carbocycles. The van der Waals surface area contributed by atoms with E-state index in [2.05, 4.69) is 11.2 Å². The highest BCUT2D eigenvalue weighted by molar-refractivity contribution is 7.90. The number of carbonyl (C=O) groups is 2. The van der Waals surface area contributed by atoms with E-state index in [1.54, 1.807) is 0 Å². The van der Waals surface area contributed by atoms with Gasteiger partial charge in [-0.25, -0.2) is 12.8 Å². The molecule has 1 saturated carbocycles. The molecule has 2 aromatic carbocycles. The summed E-state index contributed by atoms with van der Waals surface area (Å²) in [4.78, 5) is 27.9. The summed E-state index contributed by atoms with van der Waals surface area (Å²) in [6.45, 7) is 0.137. The van der Waals surface area contributed by atoms with Crippen LogP contribution in [-0.2, 0) is 20.8 Å². The number of hydrogen-bond donors (Lipinski definition) is 1. The molecule has 37 heavy (non-hydrogen) atoms. The van der Waals surface area contributed by atoms with Gasteiger partial charge in [0.15, 0.2) is 9.84 Å². The second-order valence-electron chi connectivity index (χ2n) is 9.36. The first-order valence-electron chi connectivity index (χ1n) is 11.6. The first-order valence-corrected chi connectivity index (χ1v) is 13.4. The van der Waals surface area contributed by atoms with Crippen molar-refractivity contribution >= 4 is 21.7 Å². The predicted octanol–water partition coefficient (Wildman–Crippen LogP) is 3.98. The lowest BCUT2D eigenvalue weighted by Crippen LogP contribution is -2.49. The van der Waals surface area contributed by atoms with Crippen LogP contribution < -0.4 is 5.32 Å². The van der Waals surface area contributed by atoms with Crippen LogP contribution in [0.15, 0.2) is 47.4 Å². The van der Waals surface area contributed by atoms with Gasteiger partial charge in [0, 0.05) is 23.9 Å². The number of halogens is 4. The zero-order chi connectivity index (χ0) is 27.1. The number of carbonyl (C=O) groups excluding carboxylic acids is 2. The van der Waals surface area contributed by atoms with Gasteiger partial charge in [0.2, 0.25) is 5.91 Å². The number of rotatable bonds is 6. The maximum absolute atomic E-state index is 14.8. The van der Waals surface area contributed by atoms with Crippen molar-refractivity contribution in [2.75, 3.05) is 12.8 Å². The van der Waals surface area contributed by atoms with Crippen molar-refractivity contribution < 1.29 is 35.6 Å². The van der Waals surface area contributed by atoms with Crippen molar-refractivity contribution in [1.29, 1.82) is 0 Å². The molecule has 196 valence electrons. The van der Waals surface area contributed by atoms with E-state index in [1.807, 2.05) is 0 Å². The van der Waals surface area contributed by atoms with Gasteiger partial charge in [0.1, 0.15) is 11.9 Å². The standard InChI is InChI=1S/C26H24F4N2O4S/c1-3-15-11-12-32(25(34)17-5-4-6-19(13-17)37(2,35)36)23(15)24(33)31-22(16-7-8-16)20-10-9-18(14-21(20)27)26(28,29)30/h1,4-6,9-10,13-16,22-23H,7-8,11-12H2,2H3,(H,31,33)/t15-,22+,23+/m0/s1. The molecule has 6 nitrogen and oxygen atoms in total. The number of alkyl halides is 3. The van der Waals surface area contributed by atoms with Crippen molar-refractivity contribution in [3.8, 4) is 12.3 Å². The molecule has 1 aliphatic heterocycles. The minimum atomic E-state index is -4.71. The molecule has 2 aromatic rings. The Hall–Kier alpha value is -3.39. The number of nitrogens with one attached hydrogen (secondary N) is 1. The van der Waals surface area contributed by atoms with E-state index >= 15 is 0 Å². The summed E-state index contributed by atoms with van der Waals surface area (Å²) in [6, 6.07) is 5.62. The summed E-state index contributed by atoms with van der Waals surface area (Å²) in [6.07, 6.45) is 3.54. The highest BCUT2D eigenvalue weighted by Gasteiger charge is 2.44. The number of hydrogen-bond acceptors (Lipinski definition) is 4. The number of benzene rings is 2. The smallest absolute Gasteiger partial charge is 0.347 e. The summed E-state index contributed by atoms with van der Waals surface area (Å²) in [5.41, 5.74) is -1.14. The van der Waals surface area contributed by atoms with Crippen molar-refractivity contribution in [1.82, 2.24) is 10.2 Å². The molecular weight excluding hydrogens is 512 g/mol. The third kappa shape index (κ3) is 5.64. The van der Waals surface area contributed by atoms with Crippen LogP contribution in [0.3, 0.4) is 0 Å². The third-order valence-corrected chi connectivity index (χ3v) is 7.81. The molecule has 0 bridgehead atoms. The molecule has 0 unspecified atom stereocenters. The lowest BCUT2D eigenvalue weighted by atomic mass is 9.96. The lowest BCUT2D eigenvalue weighted by Gasteiger charge is -2.29. The van der Waals surface area contributed by atoms with Crippen LogP contribution in [0.1, 0.15) is 46.8 Å². The van der Waals surface area contributed by atoms with Crippen molar-refractivity contribution in [3.05, 3.63) is 65.0 Å². The summed E-state index contributed by atoms with van der Waals surface area (Å²) in [7, 11) is -3.58. The van der Waals surface area contributed by atoms with Crippen LogP contribution in [-0.4, -0.2) is 44.0 Å². The second-order valence-corrected chi connectivity index (χ2v) is 11.4. The van der Waals surface area contributed by atoms with Gasteiger partial charge in [-0.15, -0.1) is 12.3 Å². The molecule has 2 fully saturated rings. The fraction of sp³-hybridized carbons (Fsp3) is 0.385. The molecule has 1 heterocycles. The van der Waals surface area contributed by atoms with Crippen LogP contribution in [0.25, 0.3) is 0 Å². The summed E-state index contributed by atoms with van der Waals surface area (Å²) in [5.74, 6) is -0.638. The molecule has 3 atom stereocenters. The minimum absolute atomic E-state index is 0.0568. The van der Waals surface area contributed by atoms with E-state index in [0.29, 0.717) is 25.3 Å². The van der Waals surface area contributed by atoms with Gasteiger partial charge in [0.05, 0.1) is 22.4 Å². The van der Waals surface area contributed by atoms with Gasteiger partial charge in [-0.1, -0.05) is 12.1 Å². The molecule has 1 N–H and O–H groups in total. The van der Waals surface area contributed by atoms with Gasteiger partial charge >= 0.3 is 6.18 Å². The molecule has 0 radical (unpaired) electrons. The van der Waals surface area contributed by atoms with E-state index in [4.69, 9.17) is 6.42 Å². The predicted molar refractivity (Wildman–Crippen MR) is 126 cm³/mol. The molecule has 11 heteroatoms. The van der Waals surface area contributed by atoms with E-state index in [9.17, 15) is 35.6 Å². The number of amides is 2. The van der Waals surface area contributed by atoms with Gasteiger partial charge in [-0.3, -0.25) is 9.59 Å². The molecule has 0 aromatic heterocycles. The van der Waals surface area contributed by atoms with E-state index in [0.717, 1.165) is 18.4 Å². The Labute approximate surface area is 212 Å². The average Bonchev–Trinajstić information content (AvgIpc) is 3.58. The quantitative estimate of drug-likeness (QED) is 0.447. The van der Waals surface area contributed by atoms with Crippen LogP contribution in [0.5, 0.6) is 0 Å². The van der Waals surface area contributed by atoms with E-state index in [1.165, 1.54) is 29.2 Å². The Morgan fingerprint density at radius 2 is 1.84 bits per heavy atom. The number of terminal acetylenes is 1. The zero-order valence-electron chi connectivity index (χ0n) is 19.8. The van der Waals surface area contributed by atoms with E-state index < -0.39 is 57.2 Å². The minimum Gasteiger partial charge on any atom is -0.347 e. The Morgan fingerprint density at radius 1 is 1.14 bits per heavy atom.